The molecular formula is C14H22N2O8. The molecule has 0 aromatic rings. The van der Waals surface area contributed by atoms with E-state index in [-0.39, 0.29) is 26.4 Å². The predicted octanol–water partition coefficient (Wildman–Crippen LogP) is 0.402. The number of amides is 2. The molecule has 0 aromatic carbocycles. The van der Waals surface area contributed by atoms with Crippen LogP contribution >= 0.6 is 0 Å². The van der Waals surface area contributed by atoms with Gasteiger partial charge in [-0.15, -0.1) is 0 Å². The monoisotopic (exact) mass is 346 g/mol. The summed E-state index contributed by atoms with van der Waals surface area (Å²) in [5, 5.41) is 0. The maximum atomic E-state index is 10.7. The number of hydrogen-bond acceptors (Lipinski definition) is 8. The Bertz CT molecular complexity index is 443. The molecular weight excluding hydrogens is 324 g/mol. The zero-order chi connectivity index (χ0) is 19.1. The topological polar surface area (TPSA) is 157 Å². The summed E-state index contributed by atoms with van der Waals surface area (Å²) >= 11 is 0. The first-order valence-electron chi connectivity index (χ1n) is 6.57. The van der Waals surface area contributed by atoms with Crippen molar-refractivity contribution >= 4 is 24.1 Å². The lowest BCUT2D eigenvalue weighted by molar-refractivity contribution is -0.140. The van der Waals surface area contributed by atoms with Crippen LogP contribution in [0, 0.1) is 0 Å². The van der Waals surface area contributed by atoms with Gasteiger partial charge in [0.15, 0.2) is 0 Å². The van der Waals surface area contributed by atoms with Crippen molar-refractivity contribution in [2.75, 3.05) is 26.4 Å². The smallest absolute Gasteiger partial charge is 0.404 e. The van der Waals surface area contributed by atoms with Crippen LogP contribution in [0.5, 0.6) is 0 Å². The summed E-state index contributed by atoms with van der Waals surface area (Å²) in [5.74, 6) is -1.02. The number of primary amides is 2. The first kappa shape index (κ1) is 23.2. The fraction of sp³-hybridized carbons (Fsp3) is 0.429. The molecule has 0 heterocycles. The third-order valence-electron chi connectivity index (χ3n) is 1.82. The molecule has 0 fully saturated rings. The Labute approximate surface area is 139 Å². The molecule has 0 aromatic heterocycles. The number of ether oxygens (including phenoxy) is 4. The highest BCUT2D eigenvalue weighted by Crippen LogP contribution is 1.92. The molecule has 136 valence electrons. The van der Waals surface area contributed by atoms with Crippen molar-refractivity contribution in [3.05, 3.63) is 24.3 Å². The molecule has 0 saturated heterocycles. The molecule has 0 bridgehead atoms. The van der Waals surface area contributed by atoms with Gasteiger partial charge in [0.25, 0.3) is 0 Å². The van der Waals surface area contributed by atoms with Crippen molar-refractivity contribution in [3.63, 3.8) is 0 Å². The van der Waals surface area contributed by atoms with E-state index in [0.29, 0.717) is 11.1 Å². The van der Waals surface area contributed by atoms with Crippen molar-refractivity contribution in [1.82, 2.24) is 0 Å². The summed E-state index contributed by atoms with van der Waals surface area (Å²) in [6.45, 7) is 9.70. The zero-order valence-electron chi connectivity index (χ0n) is 13.7. The second-order valence-electron chi connectivity index (χ2n) is 4.17. The lowest BCUT2D eigenvalue weighted by Gasteiger charge is -2.03. The van der Waals surface area contributed by atoms with Gasteiger partial charge in [-0.1, -0.05) is 13.2 Å². The van der Waals surface area contributed by atoms with E-state index in [1.807, 2.05) is 0 Å². The lowest BCUT2D eigenvalue weighted by atomic mass is 10.4. The van der Waals surface area contributed by atoms with Crippen molar-refractivity contribution in [2.45, 2.75) is 13.8 Å². The summed E-state index contributed by atoms with van der Waals surface area (Å²) in [7, 11) is 0. The van der Waals surface area contributed by atoms with Crippen LogP contribution in [-0.2, 0) is 28.5 Å². The molecule has 24 heavy (non-hydrogen) atoms. The van der Waals surface area contributed by atoms with E-state index in [1.165, 1.54) is 13.8 Å². The van der Waals surface area contributed by atoms with Gasteiger partial charge in [-0.25, -0.2) is 19.2 Å². The van der Waals surface area contributed by atoms with E-state index in [0.717, 1.165) is 0 Å². The van der Waals surface area contributed by atoms with Crippen LogP contribution < -0.4 is 11.5 Å². The van der Waals surface area contributed by atoms with E-state index in [2.05, 4.69) is 43.6 Å². The van der Waals surface area contributed by atoms with Gasteiger partial charge in [-0.3, -0.25) is 0 Å². The highest BCUT2D eigenvalue weighted by atomic mass is 16.6. The molecule has 2 amide bonds. The van der Waals surface area contributed by atoms with E-state index < -0.39 is 24.1 Å². The molecule has 10 nitrogen and oxygen atoms in total. The maximum Gasteiger partial charge on any atom is 0.404 e. The Kier molecular flexibility index (Phi) is 13.2. The fourth-order valence-electron chi connectivity index (χ4n) is 0.800. The Hall–Kier alpha value is -3.04. The molecule has 0 atom stereocenters. The Balaban J connectivity index is 0. The number of esters is 2. The molecule has 0 saturated carbocycles. The SMILES string of the molecule is C=C(C)C(=O)OCCOC(N)=O.C=C(C)C(=O)OCCOC(N)=O. The van der Waals surface area contributed by atoms with Crippen molar-refractivity contribution in [1.29, 1.82) is 0 Å². The van der Waals surface area contributed by atoms with Crippen LogP contribution in [0.15, 0.2) is 24.3 Å². The average Bonchev–Trinajstić information content (AvgIpc) is 2.47. The number of hydrogen-bond donors (Lipinski definition) is 2. The molecule has 0 spiro atoms. The number of rotatable bonds is 8. The predicted molar refractivity (Wildman–Crippen MR) is 82.6 cm³/mol. The van der Waals surface area contributed by atoms with Crippen LogP contribution in [0.3, 0.4) is 0 Å². The largest absolute Gasteiger partial charge is 0.459 e. The van der Waals surface area contributed by atoms with E-state index >= 15 is 0 Å². The Morgan fingerprint density at radius 2 is 0.917 bits per heavy atom. The molecule has 0 aliphatic carbocycles. The quantitative estimate of drug-likeness (QED) is 0.277. The second-order valence-corrected chi connectivity index (χ2v) is 4.17. The van der Waals surface area contributed by atoms with E-state index in [4.69, 9.17) is 0 Å². The Morgan fingerprint density at radius 1 is 0.667 bits per heavy atom. The van der Waals surface area contributed by atoms with Crippen LogP contribution in [0.25, 0.3) is 0 Å². The first-order chi connectivity index (χ1) is 11.1. The zero-order valence-corrected chi connectivity index (χ0v) is 13.7. The van der Waals surface area contributed by atoms with E-state index in [9.17, 15) is 19.2 Å². The summed E-state index contributed by atoms with van der Waals surface area (Å²) < 4.78 is 17.8. The summed E-state index contributed by atoms with van der Waals surface area (Å²) in [6, 6.07) is 0. The number of carbonyl (C=O) groups excluding carboxylic acids is 4. The van der Waals surface area contributed by atoms with E-state index in [1.54, 1.807) is 0 Å². The molecule has 0 radical (unpaired) electrons. The fourth-order valence-corrected chi connectivity index (χ4v) is 0.800. The third-order valence-corrected chi connectivity index (χ3v) is 1.82. The van der Waals surface area contributed by atoms with Gasteiger partial charge in [0.05, 0.1) is 0 Å². The van der Waals surface area contributed by atoms with Gasteiger partial charge in [-0.2, -0.15) is 0 Å². The molecule has 0 aliphatic rings. The molecule has 0 unspecified atom stereocenters. The van der Waals surface area contributed by atoms with Gasteiger partial charge >= 0.3 is 24.1 Å². The minimum atomic E-state index is -0.888. The van der Waals surface area contributed by atoms with Gasteiger partial charge in [-0.05, 0) is 13.8 Å². The highest BCUT2D eigenvalue weighted by Gasteiger charge is 2.03. The van der Waals surface area contributed by atoms with Crippen molar-refractivity contribution in [3.8, 4) is 0 Å². The molecule has 0 aliphatic heterocycles. The van der Waals surface area contributed by atoms with Crippen LogP contribution in [0.1, 0.15) is 13.8 Å². The maximum absolute atomic E-state index is 10.7. The molecule has 4 N–H and O–H groups in total. The van der Waals surface area contributed by atoms with Crippen molar-refractivity contribution in [2.24, 2.45) is 11.5 Å². The van der Waals surface area contributed by atoms with Crippen molar-refractivity contribution < 1.29 is 38.1 Å². The molecule has 10 heteroatoms. The Morgan fingerprint density at radius 3 is 1.12 bits per heavy atom. The summed E-state index contributed by atoms with van der Waals surface area (Å²) in [4.78, 5) is 41.4. The standard InChI is InChI=1S/2C7H11NO4/c2*1-5(2)6(9)11-3-4-12-7(8)10/h2*1,3-4H2,2H3,(H2,8,10). The van der Waals surface area contributed by atoms with Crippen LogP contribution in [-0.4, -0.2) is 50.6 Å². The summed E-state index contributed by atoms with van der Waals surface area (Å²) in [5.41, 5.74) is 9.90. The first-order valence-corrected chi connectivity index (χ1v) is 6.57. The van der Waals surface area contributed by atoms with Gasteiger partial charge in [0, 0.05) is 11.1 Å². The third kappa shape index (κ3) is 17.0. The lowest BCUT2D eigenvalue weighted by Crippen LogP contribution is -2.18. The van der Waals surface area contributed by atoms with Gasteiger partial charge < -0.3 is 30.4 Å². The van der Waals surface area contributed by atoms with Crippen LogP contribution in [0.2, 0.25) is 0 Å². The number of carbonyl (C=O) groups is 4. The average molecular weight is 346 g/mol. The van der Waals surface area contributed by atoms with Gasteiger partial charge in [0.2, 0.25) is 0 Å². The number of nitrogens with two attached hydrogens (primary N) is 2. The summed E-state index contributed by atoms with van der Waals surface area (Å²) in [6.07, 6.45) is -1.78. The second kappa shape index (κ2) is 13.6. The highest BCUT2D eigenvalue weighted by molar-refractivity contribution is 5.87. The van der Waals surface area contributed by atoms with Crippen LogP contribution in [0.4, 0.5) is 9.59 Å². The normalized spacial score (nSPS) is 8.75. The minimum Gasteiger partial charge on any atom is -0.459 e. The molecule has 0 rings (SSSR count). The van der Waals surface area contributed by atoms with Gasteiger partial charge in [0.1, 0.15) is 26.4 Å². The minimum absolute atomic E-state index is 0.00532.